The molecule has 0 bridgehead atoms. The number of carbonyl (C=O) groups excluding carboxylic acids is 1. The number of benzene rings is 2. The van der Waals surface area contributed by atoms with Crippen LogP contribution in [0.2, 0.25) is 0 Å². The van der Waals surface area contributed by atoms with Gasteiger partial charge in [0, 0.05) is 25.4 Å². The molecule has 0 aliphatic rings. The first-order valence-electron chi connectivity index (χ1n) is 10.2. The van der Waals surface area contributed by atoms with Gasteiger partial charge >= 0.3 is 0 Å². The summed E-state index contributed by atoms with van der Waals surface area (Å²) >= 11 is 0. The number of fused-ring (bicyclic) bond motifs is 1. The lowest BCUT2D eigenvalue weighted by Crippen LogP contribution is -2.32. The highest BCUT2D eigenvalue weighted by Gasteiger charge is 2.14. The summed E-state index contributed by atoms with van der Waals surface area (Å²) in [5.74, 6) is 1.26. The number of imidazole rings is 1. The van der Waals surface area contributed by atoms with E-state index < -0.39 is 0 Å². The number of aromatic nitrogens is 2. The average molecular weight is 376 g/mol. The number of allylic oxidation sites excluding steroid dienone is 1. The third kappa shape index (κ3) is 4.89. The smallest absolute Gasteiger partial charge is 0.223 e. The van der Waals surface area contributed by atoms with Gasteiger partial charge in [-0.25, -0.2) is 4.98 Å². The normalized spacial score (nSPS) is 11.5. The zero-order chi connectivity index (χ0) is 19.8. The summed E-state index contributed by atoms with van der Waals surface area (Å²) in [5.41, 5.74) is 3.31. The first-order valence-corrected chi connectivity index (χ1v) is 10.2. The van der Waals surface area contributed by atoms with Gasteiger partial charge in [0.15, 0.2) is 0 Å². The Morgan fingerprint density at radius 3 is 2.54 bits per heavy atom. The maximum Gasteiger partial charge on any atom is 0.223 e. The van der Waals surface area contributed by atoms with E-state index in [0.29, 0.717) is 6.54 Å². The van der Waals surface area contributed by atoms with E-state index in [4.69, 9.17) is 4.98 Å². The SMILES string of the molecule is CCC(CC)C(=O)NCCc1nc2ccccc2n1C/C=C/c1ccccc1. The summed E-state index contributed by atoms with van der Waals surface area (Å²) in [6, 6.07) is 18.5. The molecule has 1 aromatic heterocycles. The van der Waals surface area contributed by atoms with Crippen LogP contribution in [0.15, 0.2) is 60.7 Å². The monoisotopic (exact) mass is 375 g/mol. The molecule has 0 aliphatic carbocycles. The van der Waals surface area contributed by atoms with E-state index >= 15 is 0 Å². The van der Waals surface area contributed by atoms with Crippen LogP contribution in [-0.2, 0) is 17.8 Å². The van der Waals surface area contributed by atoms with E-state index in [0.717, 1.165) is 42.7 Å². The predicted octanol–water partition coefficient (Wildman–Crippen LogP) is 4.84. The molecule has 3 aromatic rings. The molecule has 1 N–H and O–H groups in total. The highest BCUT2D eigenvalue weighted by Crippen LogP contribution is 2.17. The van der Waals surface area contributed by atoms with Crippen LogP contribution >= 0.6 is 0 Å². The second-order valence-corrected chi connectivity index (χ2v) is 6.99. The van der Waals surface area contributed by atoms with Gasteiger partial charge in [0.1, 0.15) is 5.82 Å². The highest BCUT2D eigenvalue weighted by atomic mass is 16.1. The third-order valence-electron chi connectivity index (χ3n) is 5.14. The van der Waals surface area contributed by atoms with E-state index in [1.807, 2.05) is 36.4 Å². The molecule has 0 radical (unpaired) electrons. The molecule has 0 spiro atoms. The van der Waals surface area contributed by atoms with Gasteiger partial charge in [0.05, 0.1) is 11.0 Å². The minimum Gasteiger partial charge on any atom is -0.355 e. The third-order valence-corrected chi connectivity index (χ3v) is 5.14. The first kappa shape index (κ1) is 19.9. The van der Waals surface area contributed by atoms with Crippen molar-refractivity contribution in [2.75, 3.05) is 6.54 Å². The minimum absolute atomic E-state index is 0.104. The Morgan fingerprint density at radius 1 is 1.07 bits per heavy atom. The van der Waals surface area contributed by atoms with Crippen LogP contribution in [-0.4, -0.2) is 22.0 Å². The van der Waals surface area contributed by atoms with Gasteiger partial charge in [-0.3, -0.25) is 4.79 Å². The first-order chi connectivity index (χ1) is 13.7. The van der Waals surface area contributed by atoms with Crippen LogP contribution < -0.4 is 5.32 Å². The largest absolute Gasteiger partial charge is 0.355 e. The van der Waals surface area contributed by atoms with Gasteiger partial charge in [-0.15, -0.1) is 0 Å². The molecule has 4 heteroatoms. The van der Waals surface area contributed by atoms with Crippen LogP contribution in [0.3, 0.4) is 0 Å². The summed E-state index contributed by atoms with van der Waals surface area (Å²) in [4.78, 5) is 17.0. The summed E-state index contributed by atoms with van der Waals surface area (Å²) in [6.07, 6.45) is 6.78. The molecular formula is C24H29N3O. The summed E-state index contributed by atoms with van der Waals surface area (Å²) < 4.78 is 2.23. The number of nitrogens with zero attached hydrogens (tertiary/aromatic N) is 2. The Hall–Kier alpha value is -2.88. The average Bonchev–Trinajstić information content (AvgIpc) is 3.07. The lowest BCUT2D eigenvalue weighted by molar-refractivity contribution is -0.125. The second kappa shape index (κ2) is 9.88. The number of amides is 1. The Kier molecular flexibility index (Phi) is 7.01. The Bertz CT molecular complexity index is 923. The lowest BCUT2D eigenvalue weighted by Gasteiger charge is -2.13. The van der Waals surface area contributed by atoms with Gasteiger partial charge in [-0.05, 0) is 30.5 Å². The molecule has 0 saturated carbocycles. The number of para-hydroxylation sites is 2. The van der Waals surface area contributed by atoms with Crippen molar-refractivity contribution in [2.24, 2.45) is 5.92 Å². The molecule has 3 rings (SSSR count). The molecule has 0 unspecified atom stereocenters. The highest BCUT2D eigenvalue weighted by molar-refractivity contribution is 5.78. The fraction of sp³-hybridized carbons (Fsp3) is 0.333. The fourth-order valence-electron chi connectivity index (χ4n) is 3.48. The van der Waals surface area contributed by atoms with Gasteiger partial charge < -0.3 is 9.88 Å². The zero-order valence-electron chi connectivity index (χ0n) is 16.8. The minimum atomic E-state index is 0.104. The molecule has 0 aliphatic heterocycles. The number of rotatable bonds is 9. The Labute approximate surface area is 167 Å². The van der Waals surface area contributed by atoms with E-state index in [1.54, 1.807) is 0 Å². The molecular weight excluding hydrogens is 346 g/mol. The maximum absolute atomic E-state index is 12.2. The van der Waals surface area contributed by atoms with Crippen molar-refractivity contribution in [3.8, 4) is 0 Å². The molecule has 1 amide bonds. The number of hydrogen-bond donors (Lipinski definition) is 1. The molecule has 2 aromatic carbocycles. The molecule has 4 nitrogen and oxygen atoms in total. The zero-order valence-corrected chi connectivity index (χ0v) is 16.8. The molecule has 0 fully saturated rings. The van der Waals surface area contributed by atoms with Crippen molar-refractivity contribution in [1.82, 2.24) is 14.9 Å². The fourth-order valence-corrected chi connectivity index (χ4v) is 3.48. The van der Waals surface area contributed by atoms with E-state index in [2.05, 4.69) is 54.1 Å². The van der Waals surface area contributed by atoms with Crippen molar-refractivity contribution in [2.45, 2.75) is 39.7 Å². The van der Waals surface area contributed by atoms with Crippen molar-refractivity contribution in [3.63, 3.8) is 0 Å². The number of carbonyl (C=O) groups is 1. The van der Waals surface area contributed by atoms with Crippen LogP contribution in [0.4, 0.5) is 0 Å². The summed E-state index contributed by atoms with van der Waals surface area (Å²) in [6.45, 7) is 5.49. The van der Waals surface area contributed by atoms with Crippen molar-refractivity contribution in [1.29, 1.82) is 0 Å². The van der Waals surface area contributed by atoms with Crippen molar-refractivity contribution >= 4 is 23.0 Å². The molecule has 0 saturated heterocycles. The topological polar surface area (TPSA) is 46.9 Å². The maximum atomic E-state index is 12.2. The van der Waals surface area contributed by atoms with Gasteiger partial charge in [0.2, 0.25) is 5.91 Å². The van der Waals surface area contributed by atoms with E-state index in [9.17, 15) is 4.79 Å². The van der Waals surface area contributed by atoms with Crippen LogP contribution in [0.25, 0.3) is 17.1 Å². The van der Waals surface area contributed by atoms with Gasteiger partial charge in [-0.1, -0.05) is 68.5 Å². The standard InChI is InChI=1S/C24H29N3O/c1-3-20(4-2)24(28)25-17-16-23-26-21-14-8-9-15-22(21)27(23)18-10-13-19-11-6-5-7-12-19/h5-15,20H,3-4,16-18H2,1-2H3,(H,25,28)/b13-10+. The van der Waals surface area contributed by atoms with E-state index in [-0.39, 0.29) is 11.8 Å². The van der Waals surface area contributed by atoms with Crippen LogP contribution in [0.1, 0.15) is 38.1 Å². The quantitative estimate of drug-likeness (QED) is 0.581. The second-order valence-electron chi connectivity index (χ2n) is 6.99. The van der Waals surface area contributed by atoms with Crippen LogP contribution in [0.5, 0.6) is 0 Å². The predicted molar refractivity (Wildman–Crippen MR) is 116 cm³/mol. The number of hydrogen-bond acceptors (Lipinski definition) is 2. The molecule has 146 valence electrons. The Morgan fingerprint density at radius 2 is 1.79 bits per heavy atom. The summed E-state index contributed by atoms with van der Waals surface area (Å²) in [7, 11) is 0. The molecule has 28 heavy (non-hydrogen) atoms. The van der Waals surface area contributed by atoms with Crippen molar-refractivity contribution < 1.29 is 4.79 Å². The van der Waals surface area contributed by atoms with Crippen LogP contribution in [0, 0.1) is 5.92 Å². The van der Waals surface area contributed by atoms with Crippen molar-refractivity contribution in [3.05, 3.63) is 72.1 Å². The number of nitrogens with one attached hydrogen (secondary N) is 1. The molecule has 1 heterocycles. The van der Waals surface area contributed by atoms with E-state index in [1.165, 1.54) is 5.56 Å². The summed E-state index contributed by atoms with van der Waals surface area (Å²) in [5, 5.41) is 3.08. The Balaban J connectivity index is 1.72. The van der Waals surface area contributed by atoms with Gasteiger partial charge in [0.25, 0.3) is 0 Å². The lowest BCUT2D eigenvalue weighted by atomic mass is 10.0. The molecule has 0 atom stereocenters. The van der Waals surface area contributed by atoms with Gasteiger partial charge in [-0.2, -0.15) is 0 Å².